The minimum Gasteiger partial charge on any atom is -0.543 e. The molecule has 1 aromatic rings. The second kappa shape index (κ2) is 10.9. The third-order valence-electron chi connectivity index (χ3n) is 6.72. The normalized spacial score (nSPS) is 14.0. The predicted molar refractivity (Wildman–Crippen MR) is 141 cm³/mol. The molecule has 0 amide bonds. The number of rotatable bonds is 11. The first kappa shape index (κ1) is 29.6. The molecule has 0 spiro atoms. The Kier molecular flexibility index (Phi) is 10.1. The molecule has 1 aromatic carbocycles. The van der Waals surface area contributed by atoms with Crippen molar-refractivity contribution in [3.8, 4) is 5.75 Å². The van der Waals surface area contributed by atoms with Gasteiger partial charge in [0, 0.05) is 5.56 Å². The van der Waals surface area contributed by atoms with Gasteiger partial charge in [-0.25, -0.2) is 0 Å². The molecule has 8 heteroatoms. The molecule has 1 rings (SSSR count). The fourth-order valence-corrected chi connectivity index (χ4v) is 6.28. The van der Waals surface area contributed by atoms with Gasteiger partial charge in [-0.15, -0.1) is 0 Å². The molecular weight excluding hydrogens is 455 g/mol. The highest BCUT2D eigenvalue weighted by Gasteiger charge is 2.40. The second-order valence-corrected chi connectivity index (χ2v) is 23.0. The maximum absolute atomic E-state index is 13.2. The van der Waals surface area contributed by atoms with E-state index in [9.17, 15) is 4.57 Å². The smallest absolute Gasteiger partial charge is 0.335 e. The van der Waals surface area contributed by atoms with Gasteiger partial charge < -0.3 is 17.9 Å². The Morgan fingerprint density at radius 2 is 1.34 bits per heavy atom. The van der Waals surface area contributed by atoms with E-state index in [0.717, 1.165) is 16.9 Å². The lowest BCUT2D eigenvalue weighted by Gasteiger charge is -2.38. The van der Waals surface area contributed by atoms with Crippen molar-refractivity contribution >= 4 is 24.2 Å². The van der Waals surface area contributed by atoms with Crippen LogP contribution in [0.5, 0.6) is 5.75 Å². The summed E-state index contributed by atoms with van der Waals surface area (Å²) in [7, 11) is -7.22. The average molecular weight is 503 g/mol. The summed E-state index contributed by atoms with van der Waals surface area (Å²) in [6, 6.07) is 6.10. The predicted octanol–water partition coefficient (Wildman–Crippen LogP) is 8.36. The topological polar surface area (TPSA) is 54.0 Å². The number of benzene rings is 1. The molecule has 0 aliphatic rings. The highest BCUT2D eigenvalue weighted by Crippen LogP contribution is 2.53. The van der Waals surface area contributed by atoms with Crippen molar-refractivity contribution in [3.05, 3.63) is 29.3 Å². The lowest BCUT2D eigenvalue weighted by molar-refractivity contribution is 0.219. The zero-order valence-electron chi connectivity index (χ0n) is 22.5. The van der Waals surface area contributed by atoms with Crippen LogP contribution in [0.1, 0.15) is 66.5 Å². The van der Waals surface area contributed by atoms with Crippen molar-refractivity contribution in [1.82, 2.24) is 0 Å². The van der Waals surface area contributed by atoms with Gasteiger partial charge >= 0.3 is 7.60 Å². The lowest BCUT2D eigenvalue weighted by Crippen LogP contribution is -2.44. The van der Waals surface area contributed by atoms with Crippen molar-refractivity contribution in [1.29, 1.82) is 0 Å². The average Bonchev–Trinajstić information content (AvgIpc) is 2.60. The first-order valence-corrected chi connectivity index (χ1v) is 19.2. The Morgan fingerprint density at radius 1 is 0.844 bits per heavy atom. The highest BCUT2D eigenvalue weighted by molar-refractivity contribution is 7.53. The van der Waals surface area contributed by atoms with Crippen LogP contribution in [-0.4, -0.2) is 29.8 Å². The van der Waals surface area contributed by atoms with Gasteiger partial charge in [0.15, 0.2) is 8.32 Å². The molecule has 0 aliphatic heterocycles. The summed E-state index contributed by atoms with van der Waals surface area (Å²) < 4.78 is 37.5. The standard InChI is InChI=1S/C24H47O5PSi2/c1-13-26-30(25,27-14-2)19-21-16-15-20(18-28-31(9,10)23(3,4)5)17-22(21)29-32(11,12)24(6,7)8/h15-17H,13-14,18-19H2,1-12H3. The van der Waals surface area contributed by atoms with Crippen LogP contribution in [0.2, 0.25) is 36.3 Å². The van der Waals surface area contributed by atoms with E-state index >= 15 is 0 Å². The molecule has 0 N–H and O–H groups in total. The van der Waals surface area contributed by atoms with Gasteiger partial charge in [-0.3, -0.25) is 4.57 Å². The van der Waals surface area contributed by atoms with E-state index in [1.165, 1.54) is 0 Å². The Labute approximate surface area is 199 Å². The summed E-state index contributed by atoms with van der Waals surface area (Å²) in [5.41, 5.74) is 1.92. The molecule has 0 aliphatic carbocycles. The Balaban J connectivity index is 3.34. The lowest BCUT2D eigenvalue weighted by atomic mass is 10.1. The molecule has 186 valence electrons. The zero-order chi connectivity index (χ0) is 25.0. The van der Waals surface area contributed by atoms with Gasteiger partial charge in [0.25, 0.3) is 0 Å². The summed E-state index contributed by atoms with van der Waals surface area (Å²) >= 11 is 0. The van der Waals surface area contributed by atoms with Gasteiger partial charge in [-0.1, -0.05) is 53.7 Å². The molecule has 0 saturated carbocycles. The van der Waals surface area contributed by atoms with E-state index in [1.54, 1.807) is 0 Å². The van der Waals surface area contributed by atoms with E-state index in [0.29, 0.717) is 19.8 Å². The van der Waals surface area contributed by atoms with Crippen LogP contribution in [0.4, 0.5) is 0 Å². The van der Waals surface area contributed by atoms with E-state index in [1.807, 2.05) is 26.0 Å². The third-order valence-corrected chi connectivity index (χ3v) is 17.6. The van der Waals surface area contributed by atoms with Gasteiger partial charge in [0.05, 0.1) is 26.0 Å². The molecule has 0 saturated heterocycles. The van der Waals surface area contributed by atoms with E-state index in [2.05, 4.69) is 73.8 Å². The van der Waals surface area contributed by atoms with E-state index in [-0.39, 0.29) is 16.2 Å². The van der Waals surface area contributed by atoms with Gasteiger partial charge in [0.2, 0.25) is 8.32 Å². The quantitative estimate of drug-likeness (QED) is 0.225. The highest BCUT2D eigenvalue weighted by atomic mass is 31.2. The first-order valence-electron chi connectivity index (χ1n) is 11.7. The van der Waals surface area contributed by atoms with Crippen LogP contribution >= 0.6 is 7.60 Å². The maximum Gasteiger partial charge on any atom is 0.335 e. The van der Waals surface area contributed by atoms with Crippen LogP contribution in [0, 0.1) is 0 Å². The van der Waals surface area contributed by atoms with Crippen LogP contribution in [0.15, 0.2) is 18.2 Å². The summed E-state index contributed by atoms with van der Waals surface area (Å²) in [6.45, 7) is 27.2. The monoisotopic (exact) mass is 502 g/mol. The molecule has 0 bridgehead atoms. The van der Waals surface area contributed by atoms with E-state index < -0.39 is 24.2 Å². The van der Waals surface area contributed by atoms with Crippen molar-refractivity contribution in [2.45, 2.75) is 104 Å². The summed E-state index contributed by atoms with van der Waals surface area (Å²) in [5.74, 6) is 0.771. The van der Waals surface area contributed by atoms with Crippen molar-refractivity contribution in [3.63, 3.8) is 0 Å². The van der Waals surface area contributed by atoms with Gasteiger partial charge in [-0.2, -0.15) is 0 Å². The third kappa shape index (κ3) is 8.10. The van der Waals surface area contributed by atoms with Crippen LogP contribution in [0.25, 0.3) is 0 Å². The Morgan fingerprint density at radius 3 is 1.78 bits per heavy atom. The Bertz CT molecular complexity index is 785. The molecule has 5 nitrogen and oxygen atoms in total. The van der Waals surface area contributed by atoms with Crippen LogP contribution in [-0.2, 0) is 30.8 Å². The zero-order valence-corrected chi connectivity index (χ0v) is 25.4. The van der Waals surface area contributed by atoms with Crippen molar-refractivity contribution < 1.29 is 22.5 Å². The van der Waals surface area contributed by atoms with Crippen LogP contribution < -0.4 is 4.43 Å². The minimum atomic E-state index is -3.24. The molecule has 0 aromatic heterocycles. The van der Waals surface area contributed by atoms with Crippen molar-refractivity contribution in [2.24, 2.45) is 0 Å². The van der Waals surface area contributed by atoms with Gasteiger partial charge in [-0.05, 0) is 61.7 Å². The maximum atomic E-state index is 13.2. The largest absolute Gasteiger partial charge is 0.543 e. The van der Waals surface area contributed by atoms with Gasteiger partial charge in [0.1, 0.15) is 5.75 Å². The van der Waals surface area contributed by atoms with Crippen molar-refractivity contribution in [2.75, 3.05) is 13.2 Å². The fourth-order valence-electron chi connectivity index (χ4n) is 2.55. The second-order valence-electron chi connectivity index (χ2n) is 11.5. The molecule has 0 heterocycles. The summed E-state index contributed by atoms with van der Waals surface area (Å²) in [4.78, 5) is 0. The molecule has 0 unspecified atom stereocenters. The van der Waals surface area contributed by atoms with Crippen LogP contribution in [0.3, 0.4) is 0 Å². The summed E-state index contributed by atoms with van der Waals surface area (Å²) in [6.07, 6.45) is 0.196. The SMILES string of the molecule is CCOP(=O)(Cc1ccc(CO[Si](C)(C)C(C)(C)C)cc1O[Si](C)(C)C(C)(C)C)OCC. The molecule has 0 radical (unpaired) electrons. The molecule has 32 heavy (non-hydrogen) atoms. The molecule has 0 fully saturated rings. The fraction of sp³-hybridized carbons (Fsp3) is 0.750. The molecule has 0 atom stereocenters. The molecular formula is C24H47O5PSi2. The first-order chi connectivity index (χ1) is 14.4. The Hall–Kier alpha value is -0.436. The number of hydrogen-bond donors (Lipinski definition) is 0. The van der Waals surface area contributed by atoms with E-state index in [4.69, 9.17) is 17.9 Å². The number of hydrogen-bond acceptors (Lipinski definition) is 5. The minimum absolute atomic E-state index is 0.0431. The summed E-state index contributed by atoms with van der Waals surface area (Å²) in [5, 5.41) is 0.191.